The number of hydrogen-bond acceptors (Lipinski definition) is 5. The molecule has 0 saturated heterocycles. The topological polar surface area (TPSA) is 65.4 Å². The molecular formula is C23H25N3O3S. The van der Waals surface area contributed by atoms with Gasteiger partial charge in [0.1, 0.15) is 12.4 Å². The number of anilines is 1. The van der Waals surface area contributed by atoms with Crippen molar-refractivity contribution in [3.05, 3.63) is 70.9 Å². The van der Waals surface area contributed by atoms with Crippen LogP contribution >= 0.6 is 11.8 Å². The van der Waals surface area contributed by atoms with Gasteiger partial charge in [-0.2, -0.15) is 5.10 Å². The number of hydrogen-bond donors (Lipinski definition) is 1. The van der Waals surface area contributed by atoms with E-state index in [9.17, 15) is 4.79 Å². The van der Waals surface area contributed by atoms with Gasteiger partial charge in [-0.05, 0) is 42.7 Å². The Morgan fingerprint density at radius 1 is 1.20 bits per heavy atom. The number of thioether (sulfide) groups is 1. The molecule has 1 unspecified atom stereocenters. The maximum absolute atomic E-state index is 12.1. The lowest BCUT2D eigenvalue weighted by atomic mass is 10.1. The fraction of sp³-hybridized carbons (Fsp3) is 0.304. The summed E-state index contributed by atoms with van der Waals surface area (Å²) in [4.78, 5) is 12.1. The molecule has 30 heavy (non-hydrogen) atoms. The number of carbonyl (C=O) groups excluding carboxylic acids is 1. The first-order chi connectivity index (χ1) is 14.6. The summed E-state index contributed by atoms with van der Waals surface area (Å²) in [5.41, 5.74) is 4.39. The lowest BCUT2D eigenvalue weighted by molar-refractivity contribution is -0.113. The molecule has 2 aromatic carbocycles. The number of aromatic nitrogens is 2. The fourth-order valence-corrected chi connectivity index (χ4v) is 4.58. The molecule has 156 valence electrons. The van der Waals surface area contributed by atoms with Crippen LogP contribution < -0.4 is 14.8 Å². The summed E-state index contributed by atoms with van der Waals surface area (Å²) >= 11 is 1.58. The van der Waals surface area contributed by atoms with E-state index in [4.69, 9.17) is 9.47 Å². The molecular weight excluding hydrogens is 398 g/mol. The van der Waals surface area contributed by atoms with E-state index in [1.165, 1.54) is 5.56 Å². The van der Waals surface area contributed by atoms with Crippen molar-refractivity contribution < 1.29 is 14.3 Å². The minimum Gasteiger partial charge on any atom is -0.490 e. The van der Waals surface area contributed by atoms with Gasteiger partial charge in [0.05, 0.1) is 23.8 Å². The van der Waals surface area contributed by atoms with Gasteiger partial charge in [-0.25, -0.2) is 0 Å². The predicted octanol–water partition coefficient (Wildman–Crippen LogP) is 4.48. The van der Waals surface area contributed by atoms with Crippen LogP contribution in [0.2, 0.25) is 0 Å². The molecule has 0 bridgehead atoms. The molecule has 0 radical (unpaired) electrons. The number of rotatable bonds is 6. The molecule has 1 aromatic heterocycles. The van der Waals surface area contributed by atoms with E-state index in [1.54, 1.807) is 16.4 Å². The maximum atomic E-state index is 12.1. The molecule has 7 heteroatoms. The average molecular weight is 424 g/mol. The highest BCUT2D eigenvalue weighted by molar-refractivity contribution is 8.00. The molecule has 1 aliphatic heterocycles. The first-order valence-electron chi connectivity index (χ1n) is 9.94. The number of amides is 1. The van der Waals surface area contributed by atoms with Crippen molar-refractivity contribution in [1.29, 1.82) is 0 Å². The van der Waals surface area contributed by atoms with Crippen LogP contribution in [0.3, 0.4) is 0 Å². The number of nitrogens with zero attached hydrogens (tertiary/aromatic N) is 2. The Hall–Kier alpha value is -2.93. The van der Waals surface area contributed by atoms with Gasteiger partial charge < -0.3 is 14.8 Å². The molecule has 1 aliphatic rings. The second-order valence-electron chi connectivity index (χ2n) is 7.17. The summed E-state index contributed by atoms with van der Waals surface area (Å²) in [6, 6.07) is 14.2. The minimum absolute atomic E-state index is 0.0164. The van der Waals surface area contributed by atoms with Gasteiger partial charge in [0.2, 0.25) is 5.91 Å². The zero-order chi connectivity index (χ0) is 21.1. The summed E-state index contributed by atoms with van der Waals surface area (Å²) in [5, 5.41) is 7.26. The predicted molar refractivity (Wildman–Crippen MR) is 119 cm³/mol. The molecule has 4 rings (SSSR count). The highest BCUT2D eigenvalue weighted by Gasteiger charge is 2.27. The van der Waals surface area contributed by atoms with Crippen LogP contribution in [-0.2, 0) is 18.4 Å². The average Bonchev–Trinajstić information content (AvgIpc) is 2.99. The number of carbonyl (C=O) groups is 1. The first kappa shape index (κ1) is 20.3. The smallest absolute Gasteiger partial charge is 0.235 e. The van der Waals surface area contributed by atoms with Gasteiger partial charge in [0.15, 0.2) is 11.5 Å². The summed E-state index contributed by atoms with van der Waals surface area (Å²) in [7, 11) is 1.83. The Kier molecular flexibility index (Phi) is 5.99. The number of ether oxygens (including phenoxy) is 2. The largest absolute Gasteiger partial charge is 0.490 e. The van der Waals surface area contributed by atoms with E-state index in [1.807, 2.05) is 50.5 Å². The third-order valence-corrected chi connectivity index (χ3v) is 6.39. The van der Waals surface area contributed by atoms with Crippen molar-refractivity contribution in [2.75, 3.05) is 17.7 Å². The second-order valence-corrected chi connectivity index (χ2v) is 8.26. The van der Waals surface area contributed by atoms with Crippen LogP contribution in [0.4, 0.5) is 5.82 Å². The van der Waals surface area contributed by atoms with Crippen LogP contribution in [0.1, 0.15) is 34.4 Å². The first-order valence-corrected chi connectivity index (χ1v) is 11.0. The lowest BCUT2D eigenvalue weighted by Crippen LogP contribution is -2.15. The van der Waals surface area contributed by atoms with Crippen molar-refractivity contribution in [2.24, 2.45) is 7.05 Å². The Balaban J connectivity index is 1.63. The molecule has 1 N–H and O–H groups in total. The summed E-state index contributed by atoms with van der Waals surface area (Å²) in [6.45, 7) is 5.06. The lowest BCUT2D eigenvalue weighted by Gasteiger charge is -2.18. The monoisotopic (exact) mass is 423 g/mol. The van der Waals surface area contributed by atoms with Crippen LogP contribution in [0, 0.1) is 6.92 Å². The molecule has 3 aromatic rings. The fourth-order valence-electron chi connectivity index (χ4n) is 3.50. The Morgan fingerprint density at radius 3 is 2.83 bits per heavy atom. The molecule has 1 amide bonds. The minimum atomic E-state index is -0.0180. The molecule has 1 atom stereocenters. The van der Waals surface area contributed by atoms with Gasteiger partial charge in [0.25, 0.3) is 0 Å². The van der Waals surface area contributed by atoms with Crippen LogP contribution in [0.25, 0.3) is 0 Å². The van der Waals surface area contributed by atoms with Crippen molar-refractivity contribution >= 4 is 23.5 Å². The number of aryl methyl sites for hydroxylation is 2. The van der Waals surface area contributed by atoms with E-state index in [0.717, 1.165) is 22.5 Å². The molecule has 0 aliphatic carbocycles. The van der Waals surface area contributed by atoms with Crippen molar-refractivity contribution in [1.82, 2.24) is 9.78 Å². The molecule has 2 heterocycles. The third-order valence-electron chi connectivity index (χ3n) is 5.10. The zero-order valence-electron chi connectivity index (χ0n) is 17.3. The van der Waals surface area contributed by atoms with E-state index in [0.29, 0.717) is 30.5 Å². The van der Waals surface area contributed by atoms with Crippen LogP contribution in [0.5, 0.6) is 11.5 Å². The molecule has 0 saturated carbocycles. The Labute approximate surface area is 180 Å². The number of benzene rings is 2. The molecule has 6 nitrogen and oxygen atoms in total. The van der Waals surface area contributed by atoms with E-state index >= 15 is 0 Å². The van der Waals surface area contributed by atoms with Crippen LogP contribution in [0.15, 0.2) is 48.7 Å². The Morgan fingerprint density at radius 2 is 2.03 bits per heavy atom. The third kappa shape index (κ3) is 4.16. The maximum Gasteiger partial charge on any atom is 0.235 e. The summed E-state index contributed by atoms with van der Waals surface area (Å²) in [5.74, 6) is 2.53. The second kappa shape index (κ2) is 8.83. The standard InChI is InChI=1S/C23H25N3O3S/c1-4-28-20-11-16(9-10-19(20)29-13-17-8-6-5-7-15(17)2)22-18-12-24-26(3)23(18)25-21(27)14-30-22/h5-12,22H,4,13-14H2,1-3H3,(H,25,27). The SMILES string of the molecule is CCOc1cc(C2SCC(=O)Nc3c2cnn3C)ccc1OCc1ccccc1C. The quantitative estimate of drug-likeness (QED) is 0.633. The van der Waals surface area contributed by atoms with Gasteiger partial charge in [0, 0.05) is 12.6 Å². The normalized spacial score (nSPS) is 15.8. The van der Waals surface area contributed by atoms with Crippen molar-refractivity contribution in [3.8, 4) is 11.5 Å². The molecule has 0 fully saturated rings. The number of nitrogens with one attached hydrogen (secondary N) is 1. The van der Waals surface area contributed by atoms with E-state index in [-0.39, 0.29) is 11.2 Å². The van der Waals surface area contributed by atoms with Gasteiger partial charge in [-0.1, -0.05) is 30.3 Å². The van der Waals surface area contributed by atoms with Crippen molar-refractivity contribution in [3.63, 3.8) is 0 Å². The van der Waals surface area contributed by atoms with E-state index in [2.05, 4.69) is 29.5 Å². The van der Waals surface area contributed by atoms with Crippen LogP contribution in [-0.4, -0.2) is 28.0 Å². The van der Waals surface area contributed by atoms with Gasteiger partial charge in [-0.15, -0.1) is 11.8 Å². The zero-order valence-corrected chi connectivity index (χ0v) is 18.2. The summed E-state index contributed by atoms with van der Waals surface area (Å²) < 4.78 is 13.7. The molecule has 0 spiro atoms. The number of fused-ring (bicyclic) bond motifs is 1. The Bertz CT molecular complexity index is 1060. The van der Waals surface area contributed by atoms with Gasteiger partial charge >= 0.3 is 0 Å². The summed E-state index contributed by atoms with van der Waals surface area (Å²) in [6.07, 6.45) is 1.82. The highest BCUT2D eigenvalue weighted by atomic mass is 32.2. The van der Waals surface area contributed by atoms with Crippen molar-refractivity contribution in [2.45, 2.75) is 25.7 Å². The van der Waals surface area contributed by atoms with E-state index < -0.39 is 0 Å². The highest BCUT2D eigenvalue weighted by Crippen LogP contribution is 2.43. The van der Waals surface area contributed by atoms with Gasteiger partial charge in [-0.3, -0.25) is 9.48 Å².